The summed E-state index contributed by atoms with van der Waals surface area (Å²) in [6.07, 6.45) is 24.4. The van der Waals surface area contributed by atoms with Gasteiger partial charge in [-0.05, 0) is 51.4 Å². The molecule has 2 aliphatic carbocycles. The second-order valence-corrected chi connectivity index (χ2v) is 10.5. The lowest BCUT2D eigenvalue weighted by Crippen LogP contribution is -2.56. The van der Waals surface area contributed by atoms with Crippen LogP contribution in [0.15, 0.2) is 0 Å². The first-order valence-electron chi connectivity index (χ1n) is 12.5. The zero-order chi connectivity index (χ0) is 17.7. The molecule has 2 aliphatic heterocycles. The van der Waals surface area contributed by atoms with E-state index in [1.807, 2.05) is 0 Å². The molecule has 4 rings (SSSR count). The summed E-state index contributed by atoms with van der Waals surface area (Å²) in [5.74, 6) is 0. The number of nitrogens with zero attached hydrogens (tertiary/aromatic N) is 2. The van der Waals surface area contributed by atoms with Crippen LogP contribution in [0.1, 0.15) is 103 Å². The molecule has 2 heterocycles. The van der Waals surface area contributed by atoms with Gasteiger partial charge in [0.25, 0.3) is 0 Å². The molecule has 0 aromatic heterocycles. The van der Waals surface area contributed by atoms with Gasteiger partial charge in [0, 0.05) is 38.5 Å². The summed E-state index contributed by atoms with van der Waals surface area (Å²) in [5, 5.41) is 0. The molecule has 4 aliphatic rings. The summed E-state index contributed by atoms with van der Waals surface area (Å²) in [7, 11) is 0. The van der Waals surface area contributed by atoms with E-state index in [9.17, 15) is 0 Å². The maximum absolute atomic E-state index is 1.55. The van der Waals surface area contributed by atoms with Crippen molar-refractivity contribution in [2.24, 2.45) is 0 Å². The predicted octanol–water partition coefficient (Wildman–Crippen LogP) is 5.65. The van der Waals surface area contributed by atoms with Gasteiger partial charge in [0.2, 0.25) is 0 Å². The minimum atomic E-state index is 1.04. The van der Waals surface area contributed by atoms with Crippen LogP contribution in [0.5, 0.6) is 0 Å². The Bertz CT molecular complexity index is 368. The smallest absolute Gasteiger partial charge is 0.0890 e. The zero-order valence-electron chi connectivity index (χ0n) is 17.6. The molecule has 4 fully saturated rings. The molecule has 2 heteroatoms. The summed E-state index contributed by atoms with van der Waals surface area (Å²) >= 11 is 0. The minimum absolute atomic E-state index is 1.04. The molecule has 2 nitrogen and oxygen atoms in total. The Labute approximate surface area is 163 Å². The first-order chi connectivity index (χ1) is 12.8. The molecular formula is C24H46N2+2. The van der Waals surface area contributed by atoms with Crippen LogP contribution < -0.4 is 0 Å². The third kappa shape index (κ3) is 4.17. The van der Waals surface area contributed by atoms with Crippen molar-refractivity contribution in [3.63, 3.8) is 0 Å². The molecule has 0 amide bonds. The molecule has 2 saturated carbocycles. The van der Waals surface area contributed by atoms with Gasteiger partial charge in [-0.15, -0.1) is 0 Å². The first kappa shape index (κ1) is 19.2. The molecule has 2 saturated heterocycles. The zero-order valence-corrected chi connectivity index (χ0v) is 17.6. The predicted molar refractivity (Wildman–Crippen MR) is 111 cm³/mol. The highest BCUT2D eigenvalue weighted by atomic mass is 15.4. The van der Waals surface area contributed by atoms with E-state index in [0.29, 0.717) is 0 Å². The lowest BCUT2D eigenvalue weighted by molar-refractivity contribution is -0.947. The summed E-state index contributed by atoms with van der Waals surface area (Å²) in [6.45, 7) is 9.13. The van der Waals surface area contributed by atoms with Crippen LogP contribution in [0.3, 0.4) is 0 Å². The molecule has 0 aromatic carbocycles. The molecule has 150 valence electrons. The van der Waals surface area contributed by atoms with Gasteiger partial charge in [-0.25, -0.2) is 0 Å². The third-order valence-electron chi connectivity index (χ3n) is 9.07. The topological polar surface area (TPSA) is 0 Å². The van der Waals surface area contributed by atoms with Gasteiger partial charge >= 0.3 is 0 Å². The largest absolute Gasteiger partial charge is 0.321 e. The third-order valence-corrected chi connectivity index (χ3v) is 9.07. The quantitative estimate of drug-likeness (QED) is 0.405. The fraction of sp³-hybridized carbons (Fsp3) is 1.00. The monoisotopic (exact) mass is 362 g/mol. The van der Waals surface area contributed by atoms with Crippen LogP contribution in [-0.4, -0.2) is 60.3 Å². The lowest BCUT2D eigenvalue weighted by atomic mass is 9.91. The fourth-order valence-electron chi connectivity index (χ4n) is 7.58. The highest BCUT2D eigenvalue weighted by Gasteiger charge is 2.42. The van der Waals surface area contributed by atoms with E-state index < -0.39 is 0 Å². The average Bonchev–Trinajstić information content (AvgIpc) is 3.38. The normalized spacial score (nSPS) is 30.0. The molecule has 26 heavy (non-hydrogen) atoms. The van der Waals surface area contributed by atoms with E-state index in [4.69, 9.17) is 0 Å². The molecule has 0 radical (unpaired) electrons. The standard InChI is InChI=1S/C24H46N2/c1-3-13-23(14-4-1)25(17-7-8-18-25)21-11-12-22-26(19-9-10-20-26)24-15-5-2-6-16-24/h23-24H,1-22H2/q+2. The summed E-state index contributed by atoms with van der Waals surface area (Å²) in [4.78, 5) is 0. The molecule has 0 aromatic rings. The number of rotatable bonds is 7. The Morgan fingerprint density at radius 1 is 0.423 bits per heavy atom. The first-order valence-corrected chi connectivity index (χ1v) is 12.5. The Morgan fingerprint density at radius 3 is 1.12 bits per heavy atom. The van der Waals surface area contributed by atoms with E-state index in [1.54, 1.807) is 34.6 Å². The summed E-state index contributed by atoms with van der Waals surface area (Å²) in [5.41, 5.74) is 0. The second-order valence-electron chi connectivity index (χ2n) is 10.5. The van der Waals surface area contributed by atoms with Gasteiger partial charge in [-0.1, -0.05) is 12.8 Å². The van der Waals surface area contributed by atoms with Gasteiger partial charge in [0.05, 0.1) is 51.4 Å². The fourth-order valence-corrected chi connectivity index (χ4v) is 7.58. The molecule has 0 unspecified atom stereocenters. The van der Waals surface area contributed by atoms with Crippen molar-refractivity contribution in [1.29, 1.82) is 0 Å². The van der Waals surface area contributed by atoms with Crippen LogP contribution in [0, 0.1) is 0 Å². The van der Waals surface area contributed by atoms with Crippen LogP contribution in [-0.2, 0) is 0 Å². The lowest BCUT2D eigenvalue weighted by Gasteiger charge is -2.45. The molecule has 0 N–H and O–H groups in total. The highest BCUT2D eigenvalue weighted by Crippen LogP contribution is 2.35. The van der Waals surface area contributed by atoms with Crippen molar-refractivity contribution < 1.29 is 8.97 Å². The minimum Gasteiger partial charge on any atom is -0.321 e. The van der Waals surface area contributed by atoms with E-state index in [2.05, 4.69) is 0 Å². The Morgan fingerprint density at radius 2 is 0.769 bits per heavy atom. The van der Waals surface area contributed by atoms with Crippen molar-refractivity contribution in [3.8, 4) is 0 Å². The molecule has 0 bridgehead atoms. The molecule has 0 spiro atoms. The van der Waals surface area contributed by atoms with Crippen LogP contribution in [0.2, 0.25) is 0 Å². The summed E-state index contributed by atoms with van der Waals surface area (Å²) in [6, 6.07) is 2.08. The van der Waals surface area contributed by atoms with Crippen LogP contribution in [0.4, 0.5) is 0 Å². The van der Waals surface area contributed by atoms with E-state index in [-0.39, 0.29) is 0 Å². The molecular weight excluding hydrogens is 316 g/mol. The number of likely N-dealkylation sites (tertiary alicyclic amines) is 2. The Balaban J connectivity index is 1.30. The van der Waals surface area contributed by atoms with Gasteiger partial charge < -0.3 is 8.97 Å². The number of quaternary nitrogens is 2. The van der Waals surface area contributed by atoms with Crippen molar-refractivity contribution in [2.75, 3.05) is 39.3 Å². The summed E-state index contributed by atoms with van der Waals surface area (Å²) < 4.78 is 3.09. The van der Waals surface area contributed by atoms with E-state index >= 15 is 0 Å². The number of unbranched alkanes of at least 4 members (excludes halogenated alkanes) is 1. The van der Waals surface area contributed by atoms with E-state index in [0.717, 1.165) is 12.1 Å². The van der Waals surface area contributed by atoms with Gasteiger partial charge in [0.1, 0.15) is 0 Å². The van der Waals surface area contributed by atoms with Crippen LogP contribution >= 0.6 is 0 Å². The van der Waals surface area contributed by atoms with Crippen LogP contribution in [0.25, 0.3) is 0 Å². The Kier molecular flexibility index (Phi) is 6.62. The maximum Gasteiger partial charge on any atom is 0.0890 e. The number of hydrogen-bond acceptors (Lipinski definition) is 0. The van der Waals surface area contributed by atoms with Crippen molar-refractivity contribution in [1.82, 2.24) is 0 Å². The van der Waals surface area contributed by atoms with E-state index in [1.165, 1.54) is 116 Å². The highest BCUT2D eigenvalue weighted by molar-refractivity contribution is 4.72. The van der Waals surface area contributed by atoms with Gasteiger partial charge in [-0.3, -0.25) is 0 Å². The number of hydrogen-bond donors (Lipinski definition) is 0. The van der Waals surface area contributed by atoms with Crippen molar-refractivity contribution in [2.45, 2.75) is 115 Å². The SMILES string of the molecule is C1CCC([N+]2(CCCC[N+]3(C4CCCCC4)CCCC3)CCCC2)CC1. The maximum atomic E-state index is 1.55. The van der Waals surface area contributed by atoms with Crippen molar-refractivity contribution >= 4 is 0 Å². The second kappa shape index (κ2) is 8.95. The average molecular weight is 363 g/mol. The van der Waals surface area contributed by atoms with Gasteiger partial charge in [0.15, 0.2) is 0 Å². The van der Waals surface area contributed by atoms with Gasteiger partial charge in [-0.2, -0.15) is 0 Å². The van der Waals surface area contributed by atoms with Crippen molar-refractivity contribution in [3.05, 3.63) is 0 Å². The molecule has 0 atom stereocenters. The Hall–Kier alpha value is -0.0800.